The summed E-state index contributed by atoms with van der Waals surface area (Å²) in [4.78, 5) is 12.0. The molecule has 0 aliphatic heterocycles. The lowest BCUT2D eigenvalue weighted by molar-refractivity contribution is -0.141. The summed E-state index contributed by atoms with van der Waals surface area (Å²) in [6, 6.07) is 7.92. The van der Waals surface area contributed by atoms with Gasteiger partial charge in [0.05, 0.1) is 11.3 Å². The maximum absolute atomic E-state index is 13.7. The van der Waals surface area contributed by atoms with Crippen molar-refractivity contribution < 1.29 is 31.1 Å². The van der Waals surface area contributed by atoms with E-state index in [2.05, 4.69) is 10.4 Å². The van der Waals surface area contributed by atoms with Crippen LogP contribution in [-0.2, 0) is 6.18 Å². The number of alkyl halides is 3. The molecule has 0 atom stereocenters. The zero-order chi connectivity index (χ0) is 21.3. The number of nitrogens with one attached hydrogen (secondary N) is 1. The van der Waals surface area contributed by atoms with Crippen molar-refractivity contribution in [3.63, 3.8) is 0 Å². The van der Waals surface area contributed by atoms with Crippen LogP contribution >= 0.6 is 0 Å². The molecule has 0 aliphatic carbocycles. The molecule has 0 radical (unpaired) electrons. The molecular weight excluding hydrogens is 402 g/mol. The van der Waals surface area contributed by atoms with E-state index in [1.54, 1.807) is 6.07 Å². The van der Waals surface area contributed by atoms with Gasteiger partial charge in [-0.25, -0.2) is 17.9 Å². The van der Waals surface area contributed by atoms with Gasteiger partial charge >= 0.3 is 6.18 Å². The monoisotopic (exact) mass is 410 g/mol. The van der Waals surface area contributed by atoms with Crippen LogP contribution in [-0.4, -0.2) is 15.7 Å². The molecule has 1 heterocycles. The van der Waals surface area contributed by atoms with Crippen LogP contribution < -0.4 is 5.32 Å². The van der Waals surface area contributed by atoms with Gasteiger partial charge in [0, 0.05) is 17.8 Å². The van der Waals surface area contributed by atoms with Crippen molar-refractivity contribution in [3.05, 3.63) is 76.9 Å². The first-order valence-electron chi connectivity index (χ1n) is 7.74. The fraction of sp³-hybridized carbons (Fsp3) is 0.0556. The Hall–Kier alpha value is -3.81. The first kappa shape index (κ1) is 19.9. The fourth-order valence-electron chi connectivity index (χ4n) is 2.40. The second-order valence-electron chi connectivity index (χ2n) is 5.69. The van der Waals surface area contributed by atoms with Crippen molar-refractivity contribution >= 4 is 11.6 Å². The molecule has 0 saturated carbocycles. The number of benzene rings is 2. The fourth-order valence-corrected chi connectivity index (χ4v) is 2.40. The average molecular weight is 410 g/mol. The van der Waals surface area contributed by atoms with E-state index in [0.717, 1.165) is 4.68 Å². The predicted octanol–water partition coefficient (Wildman–Crippen LogP) is 4.43. The molecule has 3 aromatic rings. The third-order valence-corrected chi connectivity index (χ3v) is 3.72. The van der Waals surface area contributed by atoms with Crippen LogP contribution in [0.1, 0.15) is 21.7 Å². The molecule has 148 valence electrons. The van der Waals surface area contributed by atoms with Gasteiger partial charge in [0.15, 0.2) is 17.3 Å². The molecule has 0 unspecified atom stereocenters. The summed E-state index contributed by atoms with van der Waals surface area (Å²) in [6.45, 7) is 0. The number of amides is 1. The number of carbonyl (C=O) groups excluding carboxylic acids is 1. The van der Waals surface area contributed by atoms with E-state index < -0.39 is 40.8 Å². The highest BCUT2D eigenvalue weighted by Crippen LogP contribution is 2.29. The molecule has 11 heteroatoms. The maximum Gasteiger partial charge on any atom is 0.435 e. The van der Waals surface area contributed by atoms with Gasteiger partial charge in [-0.15, -0.1) is 0 Å². The lowest BCUT2D eigenvalue weighted by Crippen LogP contribution is -2.15. The van der Waals surface area contributed by atoms with E-state index in [9.17, 15) is 31.1 Å². The largest absolute Gasteiger partial charge is 0.435 e. The summed E-state index contributed by atoms with van der Waals surface area (Å²) >= 11 is 0. The summed E-state index contributed by atoms with van der Waals surface area (Å²) in [5, 5.41) is 14.5. The van der Waals surface area contributed by atoms with E-state index in [1.807, 2.05) is 0 Å². The zero-order valence-corrected chi connectivity index (χ0v) is 14.1. The summed E-state index contributed by atoms with van der Waals surface area (Å²) in [7, 11) is 0. The molecule has 1 N–H and O–H groups in total. The first-order valence-corrected chi connectivity index (χ1v) is 7.74. The van der Waals surface area contributed by atoms with Crippen molar-refractivity contribution in [2.45, 2.75) is 6.18 Å². The Labute approximate surface area is 158 Å². The molecule has 29 heavy (non-hydrogen) atoms. The van der Waals surface area contributed by atoms with Crippen molar-refractivity contribution in [1.82, 2.24) is 9.78 Å². The maximum atomic E-state index is 13.7. The molecule has 1 amide bonds. The van der Waals surface area contributed by atoms with Crippen LogP contribution in [0.15, 0.2) is 42.5 Å². The number of rotatable bonds is 3. The molecule has 0 fully saturated rings. The summed E-state index contributed by atoms with van der Waals surface area (Å²) in [5.74, 6) is -5.35. The second-order valence-corrected chi connectivity index (χ2v) is 5.69. The molecule has 5 nitrogen and oxygen atoms in total. The Bertz CT molecular complexity index is 1130. The highest BCUT2D eigenvalue weighted by atomic mass is 19.4. The Morgan fingerprint density at radius 2 is 1.72 bits per heavy atom. The van der Waals surface area contributed by atoms with Crippen LogP contribution in [0.3, 0.4) is 0 Å². The topological polar surface area (TPSA) is 70.7 Å². The second kappa shape index (κ2) is 7.31. The Morgan fingerprint density at radius 1 is 1.07 bits per heavy atom. The number of carbonyl (C=O) groups is 1. The minimum Gasteiger partial charge on any atom is -0.322 e. The summed E-state index contributed by atoms with van der Waals surface area (Å²) in [6.07, 6.45) is -4.74. The third kappa shape index (κ3) is 4.06. The van der Waals surface area contributed by atoms with Gasteiger partial charge in [-0.05, 0) is 30.3 Å². The van der Waals surface area contributed by atoms with Crippen molar-refractivity contribution in [2.24, 2.45) is 0 Å². The number of aromatic nitrogens is 2. The number of halogens is 6. The molecule has 0 spiro atoms. The van der Waals surface area contributed by atoms with Gasteiger partial charge in [0.1, 0.15) is 17.6 Å². The van der Waals surface area contributed by atoms with Crippen LogP contribution in [0.4, 0.5) is 32.0 Å². The molecular formula is C18H8F6N4O. The van der Waals surface area contributed by atoms with E-state index in [0.29, 0.717) is 12.1 Å². The van der Waals surface area contributed by atoms with Gasteiger partial charge < -0.3 is 5.32 Å². The minimum atomic E-state index is -4.74. The summed E-state index contributed by atoms with van der Waals surface area (Å²) < 4.78 is 79.2. The number of hydrogen-bond donors (Lipinski definition) is 1. The molecule has 2 aromatic carbocycles. The van der Waals surface area contributed by atoms with Crippen LogP contribution in [0.2, 0.25) is 0 Å². The number of nitriles is 1. The Balaban J connectivity index is 1.86. The highest BCUT2D eigenvalue weighted by Gasteiger charge is 2.35. The lowest BCUT2D eigenvalue weighted by Gasteiger charge is -2.09. The van der Waals surface area contributed by atoms with E-state index in [4.69, 9.17) is 5.26 Å². The van der Waals surface area contributed by atoms with Crippen molar-refractivity contribution in [2.75, 3.05) is 5.32 Å². The molecule has 0 saturated heterocycles. The van der Waals surface area contributed by atoms with Crippen molar-refractivity contribution in [1.29, 1.82) is 5.26 Å². The molecule has 1 aromatic heterocycles. The number of hydrogen-bond acceptors (Lipinski definition) is 3. The van der Waals surface area contributed by atoms with Gasteiger partial charge in [-0.1, -0.05) is 0 Å². The molecule has 0 aliphatic rings. The highest BCUT2D eigenvalue weighted by molar-refractivity contribution is 6.04. The van der Waals surface area contributed by atoms with Crippen LogP contribution in [0.5, 0.6) is 0 Å². The van der Waals surface area contributed by atoms with E-state index in [1.165, 1.54) is 24.3 Å². The van der Waals surface area contributed by atoms with Gasteiger partial charge in [0.2, 0.25) is 0 Å². The molecule has 3 rings (SSSR count). The SMILES string of the molecule is N#Cc1cc(C(F)(F)F)nn1-c1ccc(NC(=O)c2cc(F)cc(F)c2F)cc1. The summed E-state index contributed by atoms with van der Waals surface area (Å²) in [5.41, 5.74) is -2.34. The zero-order valence-electron chi connectivity index (χ0n) is 14.1. The van der Waals surface area contributed by atoms with E-state index in [-0.39, 0.29) is 23.1 Å². The Kier molecular flexibility index (Phi) is 5.02. The number of anilines is 1. The van der Waals surface area contributed by atoms with Gasteiger partial charge in [-0.2, -0.15) is 23.5 Å². The minimum absolute atomic E-state index is 0.0597. The molecule has 0 bridgehead atoms. The third-order valence-electron chi connectivity index (χ3n) is 3.72. The van der Waals surface area contributed by atoms with Gasteiger partial charge in [-0.3, -0.25) is 4.79 Å². The van der Waals surface area contributed by atoms with E-state index >= 15 is 0 Å². The first-order chi connectivity index (χ1) is 13.6. The predicted molar refractivity (Wildman–Crippen MR) is 87.6 cm³/mol. The standard InChI is InChI=1S/C18H8F6N4O/c19-9-5-13(16(21)14(20)6-9)17(29)26-10-1-3-11(4-2-10)28-12(8-25)7-15(27-28)18(22,23)24/h1-7H,(H,26,29). The average Bonchev–Trinajstić information content (AvgIpc) is 3.10. The van der Waals surface area contributed by atoms with Crippen LogP contribution in [0.25, 0.3) is 5.69 Å². The van der Waals surface area contributed by atoms with Crippen molar-refractivity contribution in [3.8, 4) is 11.8 Å². The Morgan fingerprint density at radius 3 is 2.31 bits per heavy atom. The smallest absolute Gasteiger partial charge is 0.322 e. The number of nitrogens with zero attached hydrogens (tertiary/aromatic N) is 3. The van der Waals surface area contributed by atoms with Gasteiger partial charge in [0.25, 0.3) is 5.91 Å². The normalized spacial score (nSPS) is 11.2. The quantitative estimate of drug-likeness (QED) is 0.513. The lowest BCUT2D eigenvalue weighted by atomic mass is 10.1. The van der Waals surface area contributed by atoms with Crippen LogP contribution in [0, 0.1) is 28.8 Å².